The Bertz CT molecular complexity index is 543. The monoisotopic (exact) mass is 232 g/mol. The van der Waals surface area contributed by atoms with E-state index >= 15 is 0 Å². The molecule has 2 amide bonds. The number of hydrogen-bond donors (Lipinski definition) is 2. The fourth-order valence-corrected chi connectivity index (χ4v) is 1.71. The van der Waals surface area contributed by atoms with Gasteiger partial charge >= 0.3 is 6.03 Å². The number of aryl methyl sites for hydroxylation is 1. The van der Waals surface area contributed by atoms with Crippen LogP contribution >= 0.6 is 0 Å². The van der Waals surface area contributed by atoms with Crippen LogP contribution in [-0.2, 0) is 0 Å². The van der Waals surface area contributed by atoms with E-state index in [0.29, 0.717) is 11.3 Å². The maximum atomic E-state index is 11.6. The highest BCUT2D eigenvalue weighted by molar-refractivity contribution is 5.99. The lowest BCUT2D eigenvalue weighted by Crippen LogP contribution is -2.34. The zero-order chi connectivity index (χ0) is 12.4. The molecule has 0 unspecified atom stereocenters. The molecule has 17 heavy (non-hydrogen) atoms. The molecular formula is C13H16N2O2. The Kier molecular flexibility index (Phi) is 3.04. The van der Waals surface area contributed by atoms with Gasteiger partial charge in [0.1, 0.15) is 5.76 Å². The number of benzene rings is 1. The molecule has 0 saturated carbocycles. The molecule has 0 fully saturated rings. The molecule has 2 rings (SSSR count). The number of para-hydroxylation sites is 1. The predicted octanol–water partition coefficient (Wildman–Crippen LogP) is 3.27. The molecular weight excluding hydrogens is 216 g/mol. The molecule has 1 heterocycles. The molecule has 0 aliphatic rings. The summed E-state index contributed by atoms with van der Waals surface area (Å²) in [4.78, 5) is 11.6. The number of carbonyl (C=O) groups is 1. The lowest BCUT2D eigenvalue weighted by Gasteiger charge is -2.10. The third-order valence-electron chi connectivity index (χ3n) is 2.34. The van der Waals surface area contributed by atoms with Gasteiger partial charge in [-0.2, -0.15) is 0 Å². The van der Waals surface area contributed by atoms with E-state index in [1.807, 2.05) is 45.0 Å². The van der Waals surface area contributed by atoms with E-state index in [9.17, 15) is 4.79 Å². The standard InChI is InChI=1S/C13H16N2O2/c1-8(2)14-13(16)15-11-6-4-5-10-7-9(3)17-12(10)11/h4-8H,1-3H3,(H2,14,15,16). The van der Waals surface area contributed by atoms with Crippen molar-refractivity contribution < 1.29 is 9.21 Å². The zero-order valence-corrected chi connectivity index (χ0v) is 10.2. The maximum absolute atomic E-state index is 11.6. The lowest BCUT2D eigenvalue weighted by molar-refractivity contribution is 0.250. The SMILES string of the molecule is Cc1cc2cccc(NC(=O)NC(C)C)c2o1. The Hall–Kier alpha value is -1.97. The Morgan fingerprint density at radius 1 is 1.35 bits per heavy atom. The number of carbonyl (C=O) groups excluding carboxylic acids is 1. The Morgan fingerprint density at radius 2 is 2.12 bits per heavy atom. The van der Waals surface area contributed by atoms with E-state index in [-0.39, 0.29) is 12.1 Å². The quantitative estimate of drug-likeness (QED) is 0.834. The van der Waals surface area contributed by atoms with Crippen LogP contribution < -0.4 is 10.6 Å². The van der Waals surface area contributed by atoms with Crippen molar-refractivity contribution in [3.8, 4) is 0 Å². The lowest BCUT2D eigenvalue weighted by atomic mass is 10.2. The highest BCUT2D eigenvalue weighted by atomic mass is 16.3. The molecule has 0 aliphatic carbocycles. The maximum Gasteiger partial charge on any atom is 0.319 e. The third kappa shape index (κ3) is 2.58. The van der Waals surface area contributed by atoms with Crippen LogP contribution in [0.4, 0.5) is 10.5 Å². The normalized spacial score (nSPS) is 10.8. The fraction of sp³-hybridized carbons (Fsp3) is 0.308. The number of rotatable bonds is 2. The molecule has 2 aromatic rings. The van der Waals surface area contributed by atoms with Crippen LogP contribution in [0.1, 0.15) is 19.6 Å². The number of anilines is 1. The van der Waals surface area contributed by atoms with E-state index < -0.39 is 0 Å². The summed E-state index contributed by atoms with van der Waals surface area (Å²) in [5.41, 5.74) is 1.40. The van der Waals surface area contributed by atoms with Crippen LogP contribution in [-0.4, -0.2) is 12.1 Å². The highest BCUT2D eigenvalue weighted by Gasteiger charge is 2.09. The Labute approximate surface area is 100.0 Å². The predicted molar refractivity (Wildman–Crippen MR) is 68.2 cm³/mol. The van der Waals surface area contributed by atoms with Crippen LogP contribution in [0.5, 0.6) is 0 Å². The van der Waals surface area contributed by atoms with Crippen LogP contribution in [0.25, 0.3) is 11.0 Å². The summed E-state index contributed by atoms with van der Waals surface area (Å²) >= 11 is 0. The molecule has 2 N–H and O–H groups in total. The molecule has 0 bridgehead atoms. The van der Waals surface area contributed by atoms with Gasteiger partial charge in [0.2, 0.25) is 0 Å². The number of nitrogens with one attached hydrogen (secondary N) is 2. The van der Waals surface area contributed by atoms with Gasteiger partial charge in [0.15, 0.2) is 5.58 Å². The van der Waals surface area contributed by atoms with Gasteiger partial charge in [-0.15, -0.1) is 0 Å². The van der Waals surface area contributed by atoms with E-state index in [1.165, 1.54) is 0 Å². The second-order valence-corrected chi connectivity index (χ2v) is 4.33. The molecule has 1 aromatic heterocycles. The molecule has 1 aromatic carbocycles. The number of fused-ring (bicyclic) bond motifs is 1. The van der Waals surface area contributed by atoms with Crippen molar-refractivity contribution in [1.29, 1.82) is 0 Å². The van der Waals surface area contributed by atoms with Crippen LogP contribution in [0, 0.1) is 6.92 Å². The minimum Gasteiger partial charge on any atom is -0.459 e. The smallest absolute Gasteiger partial charge is 0.319 e. The first kappa shape index (κ1) is 11.5. The number of urea groups is 1. The zero-order valence-electron chi connectivity index (χ0n) is 10.2. The first-order valence-corrected chi connectivity index (χ1v) is 5.63. The van der Waals surface area contributed by atoms with Crippen molar-refractivity contribution in [2.75, 3.05) is 5.32 Å². The summed E-state index contributed by atoms with van der Waals surface area (Å²) in [6, 6.07) is 7.50. The summed E-state index contributed by atoms with van der Waals surface area (Å²) in [5.74, 6) is 0.832. The third-order valence-corrected chi connectivity index (χ3v) is 2.34. The molecule has 90 valence electrons. The number of hydrogen-bond acceptors (Lipinski definition) is 2. The van der Waals surface area contributed by atoms with Gasteiger partial charge in [-0.3, -0.25) is 0 Å². The summed E-state index contributed by atoms with van der Waals surface area (Å²) in [5, 5.41) is 6.55. The van der Waals surface area contributed by atoms with Crippen molar-refractivity contribution in [2.24, 2.45) is 0 Å². The van der Waals surface area contributed by atoms with Gasteiger partial charge in [0.05, 0.1) is 5.69 Å². The first-order valence-electron chi connectivity index (χ1n) is 5.63. The van der Waals surface area contributed by atoms with Crippen molar-refractivity contribution >= 4 is 22.7 Å². The van der Waals surface area contributed by atoms with Crippen molar-refractivity contribution in [3.05, 3.63) is 30.0 Å². The fourth-order valence-electron chi connectivity index (χ4n) is 1.71. The molecule has 0 aliphatic heterocycles. The van der Waals surface area contributed by atoms with Gasteiger partial charge in [-0.05, 0) is 32.9 Å². The first-order chi connectivity index (χ1) is 8.06. The molecule has 0 atom stereocenters. The van der Waals surface area contributed by atoms with E-state index in [0.717, 1.165) is 11.1 Å². The number of amides is 2. The molecule has 0 spiro atoms. The summed E-state index contributed by atoms with van der Waals surface area (Å²) < 4.78 is 5.56. The van der Waals surface area contributed by atoms with Crippen molar-refractivity contribution in [1.82, 2.24) is 5.32 Å². The Morgan fingerprint density at radius 3 is 2.82 bits per heavy atom. The van der Waals surface area contributed by atoms with Crippen LogP contribution in [0.2, 0.25) is 0 Å². The van der Waals surface area contributed by atoms with Crippen LogP contribution in [0.15, 0.2) is 28.7 Å². The highest BCUT2D eigenvalue weighted by Crippen LogP contribution is 2.26. The molecule has 4 heteroatoms. The largest absolute Gasteiger partial charge is 0.459 e. The minimum atomic E-state index is -0.221. The Balaban J connectivity index is 2.26. The van der Waals surface area contributed by atoms with Gasteiger partial charge < -0.3 is 15.1 Å². The minimum absolute atomic E-state index is 0.104. The van der Waals surface area contributed by atoms with Gasteiger partial charge in [-0.25, -0.2) is 4.79 Å². The second-order valence-electron chi connectivity index (χ2n) is 4.33. The topological polar surface area (TPSA) is 54.3 Å². The van der Waals surface area contributed by atoms with Crippen molar-refractivity contribution in [2.45, 2.75) is 26.8 Å². The van der Waals surface area contributed by atoms with Gasteiger partial charge in [-0.1, -0.05) is 12.1 Å². The van der Waals surface area contributed by atoms with Crippen molar-refractivity contribution in [3.63, 3.8) is 0 Å². The van der Waals surface area contributed by atoms with E-state index in [4.69, 9.17) is 4.42 Å². The average Bonchev–Trinajstić information content (AvgIpc) is 2.58. The summed E-state index contributed by atoms with van der Waals surface area (Å²) in [7, 11) is 0. The second kappa shape index (κ2) is 4.49. The van der Waals surface area contributed by atoms with Crippen LogP contribution in [0.3, 0.4) is 0 Å². The average molecular weight is 232 g/mol. The number of furan rings is 1. The van der Waals surface area contributed by atoms with E-state index in [1.54, 1.807) is 0 Å². The van der Waals surface area contributed by atoms with Gasteiger partial charge in [0.25, 0.3) is 0 Å². The van der Waals surface area contributed by atoms with E-state index in [2.05, 4.69) is 10.6 Å². The summed E-state index contributed by atoms with van der Waals surface area (Å²) in [6.07, 6.45) is 0. The molecule has 0 saturated heterocycles. The van der Waals surface area contributed by atoms with Gasteiger partial charge in [0, 0.05) is 11.4 Å². The molecule has 4 nitrogen and oxygen atoms in total. The summed E-state index contributed by atoms with van der Waals surface area (Å²) in [6.45, 7) is 5.71. The molecule has 0 radical (unpaired) electrons.